The zero-order valence-electron chi connectivity index (χ0n) is 22.2. The second-order valence-electron chi connectivity index (χ2n) is 9.43. The van der Waals surface area contributed by atoms with Crippen molar-refractivity contribution >= 4 is 22.4 Å². The molecule has 6 rings (SSSR count). The number of fused-ring (bicyclic) bond motifs is 1. The number of aromatic nitrogens is 5. The fourth-order valence-corrected chi connectivity index (χ4v) is 5.34. The minimum Gasteiger partial charge on any atom is -0.491 e. The molecule has 3 aromatic heterocycles. The molecule has 0 aliphatic carbocycles. The third kappa shape index (κ3) is 5.29. The Morgan fingerprint density at radius 2 is 1.78 bits per heavy atom. The standard InChI is InChI=1S/C31H24FN5O3S/c1-3-40-26-14-13-21(16-24(26)32)28-22(18-36(35-28)23-7-5-4-6-8-23)17-27-30(39)37-31(41-27)33-29(38)25(34-37)15-20-11-9-19(2)10-12-20/h4-14,16-18H,3,15H2,1-2H3/b27-17-. The van der Waals surface area contributed by atoms with Crippen LogP contribution in [-0.2, 0) is 6.42 Å². The number of hydrogen-bond acceptors (Lipinski definition) is 7. The third-order valence-corrected chi connectivity index (χ3v) is 7.46. The van der Waals surface area contributed by atoms with Crippen molar-refractivity contribution in [3.8, 4) is 22.7 Å². The number of benzene rings is 3. The molecular weight excluding hydrogens is 541 g/mol. The first-order chi connectivity index (χ1) is 19.9. The van der Waals surface area contributed by atoms with Gasteiger partial charge in [0.25, 0.3) is 11.1 Å². The molecule has 0 atom stereocenters. The molecule has 0 amide bonds. The minimum absolute atomic E-state index is 0.152. The average molecular weight is 566 g/mol. The molecule has 3 heterocycles. The molecule has 0 fully saturated rings. The van der Waals surface area contributed by atoms with Gasteiger partial charge in [0.2, 0.25) is 4.96 Å². The molecule has 10 heteroatoms. The van der Waals surface area contributed by atoms with Crippen LogP contribution < -0.4 is 20.4 Å². The van der Waals surface area contributed by atoms with Crippen molar-refractivity contribution in [3.05, 3.63) is 132 Å². The Hall–Kier alpha value is -4.96. The fraction of sp³-hybridized carbons (Fsp3) is 0.129. The van der Waals surface area contributed by atoms with Gasteiger partial charge in [0, 0.05) is 23.7 Å². The molecule has 0 aliphatic heterocycles. The summed E-state index contributed by atoms with van der Waals surface area (Å²) in [5.74, 6) is -0.358. The number of hydrogen-bond donors (Lipinski definition) is 0. The largest absolute Gasteiger partial charge is 0.491 e. The molecule has 0 saturated carbocycles. The minimum atomic E-state index is -0.510. The van der Waals surface area contributed by atoms with Crippen LogP contribution in [0.2, 0.25) is 0 Å². The van der Waals surface area contributed by atoms with Crippen LogP contribution in [0.3, 0.4) is 0 Å². The Morgan fingerprint density at radius 3 is 2.51 bits per heavy atom. The van der Waals surface area contributed by atoms with Crippen LogP contribution in [0.25, 0.3) is 28.0 Å². The Morgan fingerprint density at radius 1 is 1.00 bits per heavy atom. The Labute approximate surface area is 237 Å². The second kappa shape index (κ2) is 10.9. The lowest BCUT2D eigenvalue weighted by atomic mass is 10.1. The smallest absolute Gasteiger partial charge is 0.296 e. The van der Waals surface area contributed by atoms with Crippen molar-refractivity contribution in [1.82, 2.24) is 24.4 Å². The number of ether oxygens (including phenoxy) is 1. The van der Waals surface area contributed by atoms with E-state index in [2.05, 4.69) is 10.1 Å². The van der Waals surface area contributed by atoms with Crippen LogP contribution in [-0.4, -0.2) is 31.0 Å². The molecule has 41 heavy (non-hydrogen) atoms. The zero-order valence-corrected chi connectivity index (χ0v) is 23.1. The summed E-state index contributed by atoms with van der Waals surface area (Å²) >= 11 is 1.06. The molecule has 8 nitrogen and oxygen atoms in total. The number of aryl methyl sites for hydroxylation is 1. The van der Waals surface area contributed by atoms with Crippen LogP contribution in [0, 0.1) is 12.7 Å². The van der Waals surface area contributed by atoms with E-state index in [4.69, 9.17) is 9.84 Å². The van der Waals surface area contributed by atoms with Gasteiger partial charge in [0.15, 0.2) is 11.6 Å². The van der Waals surface area contributed by atoms with Gasteiger partial charge in [-0.05, 0) is 55.8 Å². The molecule has 3 aromatic carbocycles. The highest BCUT2D eigenvalue weighted by Crippen LogP contribution is 2.28. The van der Waals surface area contributed by atoms with Crippen molar-refractivity contribution in [3.63, 3.8) is 0 Å². The predicted octanol–water partition coefficient (Wildman–Crippen LogP) is 4.35. The van der Waals surface area contributed by atoms with Crippen molar-refractivity contribution in [1.29, 1.82) is 0 Å². The van der Waals surface area contributed by atoms with Crippen LogP contribution in [0.1, 0.15) is 29.3 Å². The maximum absolute atomic E-state index is 14.8. The molecule has 0 saturated heterocycles. The second-order valence-corrected chi connectivity index (χ2v) is 10.4. The monoisotopic (exact) mass is 565 g/mol. The lowest BCUT2D eigenvalue weighted by Gasteiger charge is -2.06. The lowest BCUT2D eigenvalue weighted by Crippen LogP contribution is -2.28. The molecule has 0 radical (unpaired) electrons. The zero-order chi connectivity index (χ0) is 28.5. The molecular formula is C31H24FN5O3S. The SMILES string of the molecule is CCOc1ccc(-c2nn(-c3ccccc3)cc2/C=c2\sc3nc(=O)c(Cc4ccc(C)cc4)nn3c2=O)cc1F. The summed E-state index contributed by atoms with van der Waals surface area (Å²) in [7, 11) is 0. The van der Waals surface area contributed by atoms with Gasteiger partial charge in [0.05, 0.1) is 16.8 Å². The number of para-hydroxylation sites is 1. The summed E-state index contributed by atoms with van der Waals surface area (Å²) in [6.45, 7) is 4.11. The van der Waals surface area contributed by atoms with E-state index in [0.29, 0.717) is 28.0 Å². The summed E-state index contributed by atoms with van der Waals surface area (Å²) in [5.41, 5.74) is 3.70. The van der Waals surface area contributed by atoms with Gasteiger partial charge in [-0.15, -0.1) is 0 Å². The van der Waals surface area contributed by atoms with Gasteiger partial charge in [-0.2, -0.15) is 19.7 Å². The topological polar surface area (TPSA) is 91.4 Å². The molecule has 0 aliphatic rings. The number of halogens is 1. The Balaban J connectivity index is 1.47. The molecule has 0 spiro atoms. The summed E-state index contributed by atoms with van der Waals surface area (Å²) in [5, 5.41) is 9.08. The van der Waals surface area contributed by atoms with E-state index in [0.717, 1.165) is 28.2 Å². The summed E-state index contributed by atoms with van der Waals surface area (Å²) < 4.78 is 23.3. The molecule has 0 unspecified atom stereocenters. The van der Waals surface area contributed by atoms with Crippen LogP contribution in [0.5, 0.6) is 5.75 Å². The Kier molecular flexibility index (Phi) is 6.98. The van der Waals surface area contributed by atoms with E-state index in [1.165, 1.54) is 10.6 Å². The summed E-state index contributed by atoms with van der Waals surface area (Å²) in [6, 6.07) is 21.9. The van der Waals surface area contributed by atoms with Gasteiger partial charge in [-0.1, -0.05) is 59.4 Å². The highest BCUT2D eigenvalue weighted by molar-refractivity contribution is 7.15. The van der Waals surface area contributed by atoms with E-state index in [1.807, 2.05) is 61.5 Å². The summed E-state index contributed by atoms with van der Waals surface area (Å²) in [6.07, 6.45) is 3.71. The number of rotatable bonds is 7. The van der Waals surface area contributed by atoms with E-state index >= 15 is 0 Å². The average Bonchev–Trinajstić information content (AvgIpc) is 3.52. The highest BCUT2D eigenvalue weighted by atomic mass is 32.1. The lowest BCUT2D eigenvalue weighted by molar-refractivity contribution is 0.321. The van der Waals surface area contributed by atoms with Crippen LogP contribution in [0.15, 0.2) is 88.6 Å². The first-order valence-corrected chi connectivity index (χ1v) is 13.8. The molecule has 204 valence electrons. The molecule has 0 bridgehead atoms. The van der Waals surface area contributed by atoms with Gasteiger partial charge in [0.1, 0.15) is 11.4 Å². The van der Waals surface area contributed by atoms with Gasteiger partial charge < -0.3 is 4.74 Å². The van der Waals surface area contributed by atoms with E-state index in [-0.39, 0.29) is 22.8 Å². The van der Waals surface area contributed by atoms with Crippen LogP contribution >= 0.6 is 11.3 Å². The highest BCUT2D eigenvalue weighted by Gasteiger charge is 2.16. The molecule has 0 N–H and O–H groups in total. The van der Waals surface area contributed by atoms with E-state index < -0.39 is 16.9 Å². The Bertz CT molecular complexity index is 2050. The van der Waals surface area contributed by atoms with Crippen LogP contribution in [0.4, 0.5) is 4.39 Å². The van der Waals surface area contributed by atoms with Gasteiger partial charge >= 0.3 is 0 Å². The number of thiazole rings is 1. The van der Waals surface area contributed by atoms with Crippen molar-refractivity contribution in [2.75, 3.05) is 6.61 Å². The molecule has 6 aromatic rings. The van der Waals surface area contributed by atoms with Gasteiger partial charge in [-0.3, -0.25) is 9.59 Å². The predicted molar refractivity (Wildman–Crippen MR) is 156 cm³/mol. The maximum atomic E-state index is 14.8. The first kappa shape index (κ1) is 26.3. The van der Waals surface area contributed by atoms with E-state index in [9.17, 15) is 14.0 Å². The van der Waals surface area contributed by atoms with Crippen molar-refractivity contribution < 1.29 is 9.13 Å². The first-order valence-electron chi connectivity index (χ1n) is 13.0. The summed E-state index contributed by atoms with van der Waals surface area (Å²) in [4.78, 5) is 30.5. The fourth-order valence-electron chi connectivity index (χ4n) is 4.44. The quantitative estimate of drug-likeness (QED) is 0.286. The van der Waals surface area contributed by atoms with E-state index in [1.54, 1.807) is 36.0 Å². The van der Waals surface area contributed by atoms with Gasteiger partial charge in [-0.25, -0.2) is 9.07 Å². The van der Waals surface area contributed by atoms with Crippen molar-refractivity contribution in [2.45, 2.75) is 20.3 Å². The van der Waals surface area contributed by atoms with Crippen molar-refractivity contribution in [2.24, 2.45) is 0 Å². The number of nitrogens with zero attached hydrogens (tertiary/aromatic N) is 5. The maximum Gasteiger partial charge on any atom is 0.296 e. The third-order valence-electron chi connectivity index (χ3n) is 6.50. The normalized spacial score (nSPS) is 11.8.